The Labute approximate surface area is 162 Å². The number of fused-ring (bicyclic) bond motifs is 1. The second kappa shape index (κ2) is 7.33. The molecule has 10 heteroatoms. The van der Waals surface area contributed by atoms with E-state index in [4.69, 9.17) is 11.5 Å². The van der Waals surface area contributed by atoms with E-state index < -0.39 is 5.69 Å². The van der Waals surface area contributed by atoms with Gasteiger partial charge in [-0.2, -0.15) is 5.10 Å². The van der Waals surface area contributed by atoms with Gasteiger partial charge >= 0.3 is 5.69 Å². The lowest BCUT2D eigenvalue weighted by molar-refractivity contribution is 0.612. The first kappa shape index (κ1) is 18.0. The molecule has 28 heavy (non-hydrogen) atoms. The van der Waals surface area contributed by atoms with E-state index in [9.17, 15) is 9.18 Å². The van der Waals surface area contributed by atoms with Crippen LogP contribution in [-0.4, -0.2) is 30.9 Å². The molecule has 0 unspecified atom stereocenters. The number of hydrogen-bond donors (Lipinski definition) is 2. The standard InChI is InChI=1S/C18H16FN7OS/c19-7-11(8-20)9-26-18(27)25(10-23-26)16-6-13(3-4-22-16)12-1-2-15-14(5-12)24-17(21)28-15/h1-7,10H,8-9,20H2,(H2,21,24)/b11-7+. The van der Waals surface area contributed by atoms with Crippen LogP contribution < -0.4 is 17.2 Å². The number of aromatic nitrogens is 5. The Morgan fingerprint density at radius 2 is 2.07 bits per heavy atom. The van der Waals surface area contributed by atoms with Crippen LogP contribution in [0.1, 0.15) is 0 Å². The van der Waals surface area contributed by atoms with Crippen LogP contribution in [0.15, 0.2) is 59.6 Å². The number of halogens is 1. The molecule has 4 rings (SSSR count). The van der Waals surface area contributed by atoms with E-state index in [2.05, 4.69) is 15.1 Å². The number of nitrogen functional groups attached to an aromatic ring is 1. The summed E-state index contributed by atoms with van der Waals surface area (Å²) in [5, 5.41) is 4.53. The molecule has 3 aromatic heterocycles. The molecule has 0 atom stereocenters. The second-order valence-corrected chi connectivity index (χ2v) is 7.11. The number of thiazole rings is 1. The Hall–Kier alpha value is -3.37. The third-order valence-corrected chi connectivity index (χ3v) is 5.10. The van der Waals surface area contributed by atoms with Gasteiger partial charge in [0.25, 0.3) is 0 Å². The highest BCUT2D eigenvalue weighted by atomic mass is 32.1. The molecular weight excluding hydrogens is 381 g/mol. The maximum atomic E-state index is 12.7. The predicted octanol–water partition coefficient (Wildman–Crippen LogP) is 2.10. The quantitative estimate of drug-likeness (QED) is 0.532. The maximum absolute atomic E-state index is 12.7. The van der Waals surface area contributed by atoms with Crippen LogP contribution in [0.3, 0.4) is 0 Å². The van der Waals surface area contributed by atoms with Crippen LogP contribution >= 0.6 is 11.3 Å². The summed E-state index contributed by atoms with van der Waals surface area (Å²) >= 11 is 1.43. The number of benzene rings is 1. The first-order valence-corrected chi connectivity index (χ1v) is 9.16. The zero-order valence-electron chi connectivity index (χ0n) is 14.6. The van der Waals surface area contributed by atoms with E-state index in [0.29, 0.717) is 17.3 Å². The summed E-state index contributed by atoms with van der Waals surface area (Å²) in [7, 11) is 0. The molecular formula is C18H16FN7OS. The number of anilines is 1. The van der Waals surface area contributed by atoms with E-state index in [1.165, 1.54) is 22.2 Å². The minimum absolute atomic E-state index is 0.00709. The second-order valence-electron chi connectivity index (χ2n) is 6.05. The van der Waals surface area contributed by atoms with Gasteiger partial charge in [-0.15, -0.1) is 0 Å². The van der Waals surface area contributed by atoms with E-state index >= 15 is 0 Å². The third kappa shape index (κ3) is 3.30. The number of nitrogens with two attached hydrogens (primary N) is 2. The molecule has 0 fully saturated rings. The van der Waals surface area contributed by atoms with Gasteiger partial charge in [-0.3, -0.25) is 0 Å². The molecule has 4 N–H and O–H groups in total. The Morgan fingerprint density at radius 3 is 2.86 bits per heavy atom. The normalized spacial score (nSPS) is 12.0. The Kier molecular flexibility index (Phi) is 4.72. The molecule has 4 aromatic rings. The van der Waals surface area contributed by atoms with Gasteiger partial charge in [0.2, 0.25) is 0 Å². The summed E-state index contributed by atoms with van der Waals surface area (Å²) in [5.74, 6) is 0.408. The van der Waals surface area contributed by atoms with Gasteiger partial charge in [0.15, 0.2) is 5.13 Å². The maximum Gasteiger partial charge on any atom is 0.351 e. The van der Waals surface area contributed by atoms with Gasteiger partial charge in [-0.25, -0.2) is 28.4 Å². The molecule has 0 bridgehead atoms. The van der Waals surface area contributed by atoms with Crippen LogP contribution in [-0.2, 0) is 6.54 Å². The van der Waals surface area contributed by atoms with Crippen molar-refractivity contribution in [2.75, 3.05) is 12.3 Å². The van der Waals surface area contributed by atoms with Gasteiger partial charge in [-0.05, 0) is 41.0 Å². The molecule has 3 heterocycles. The fourth-order valence-electron chi connectivity index (χ4n) is 2.79. The Morgan fingerprint density at radius 1 is 1.25 bits per heavy atom. The summed E-state index contributed by atoms with van der Waals surface area (Å²) in [5.41, 5.74) is 13.7. The monoisotopic (exact) mass is 397 g/mol. The number of hydrogen-bond acceptors (Lipinski definition) is 7. The lowest BCUT2D eigenvalue weighted by Crippen LogP contribution is -2.26. The molecule has 0 aliphatic carbocycles. The van der Waals surface area contributed by atoms with E-state index in [1.54, 1.807) is 12.3 Å². The van der Waals surface area contributed by atoms with Crippen LogP contribution in [0.4, 0.5) is 9.52 Å². The fraction of sp³-hybridized carbons (Fsp3) is 0.111. The first-order chi connectivity index (χ1) is 13.6. The highest BCUT2D eigenvalue weighted by molar-refractivity contribution is 7.22. The summed E-state index contributed by atoms with van der Waals surface area (Å²) in [6, 6.07) is 9.48. The van der Waals surface area contributed by atoms with Gasteiger partial charge < -0.3 is 11.5 Å². The zero-order valence-corrected chi connectivity index (χ0v) is 15.4. The van der Waals surface area contributed by atoms with Crippen molar-refractivity contribution >= 4 is 26.7 Å². The summed E-state index contributed by atoms with van der Waals surface area (Å²) in [6.45, 7) is -0.00636. The molecule has 0 radical (unpaired) electrons. The van der Waals surface area contributed by atoms with Crippen LogP contribution in [0.2, 0.25) is 0 Å². The average molecular weight is 397 g/mol. The third-order valence-electron chi connectivity index (χ3n) is 4.23. The lowest BCUT2D eigenvalue weighted by atomic mass is 10.1. The van der Waals surface area contributed by atoms with E-state index in [1.807, 2.05) is 24.3 Å². The van der Waals surface area contributed by atoms with Crippen LogP contribution in [0.5, 0.6) is 0 Å². The molecule has 8 nitrogen and oxygen atoms in total. The topological polar surface area (TPSA) is 118 Å². The molecule has 0 spiro atoms. The predicted molar refractivity (Wildman–Crippen MR) is 107 cm³/mol. The SMILES string of the molecule is NC/C(=C\F)Cn1ncn(-c2cc(-c3ccc4sc(N)nc4c3)ccn2)c1=O. The number of nitrogens with zero attached hydrogens (tertiary/aromatic N) is 5. The first-order valence-electron chi connectivity index (χ1n) is 8.34. The van der Waals surface area contributed by atoms with Crippen molar-refractivity contribution in [3.63, 3.8) is 0 Å². The van der Waals surface area contributed by atoms with Crippen molar-refractivity contribution in [2.45, 2.75) is 6.54 Å². The van der Waals surface area contributed by atoms with Crippen molar-refractivity contribution < 1.29 is 4.39 Å². The summed E-state index contributed by atoms with van der Waals surface area (Å²) in [4.78, 5) is 21.1. The Bertz CT molecular complexity index is 1240. The van der Waals surface area contributed by atoms with Crippen molar-refractivity contribution in [2.24, 2.45) is 5.73 Å². The molecule has 0 aliphatic heterocycles. The van der Waals surface area contributed by atoms with Crippen LogP contribution in [0.25, 0.3) is 27.2 Å². The van der Waals surface area contributed by atoms with Gasteiger partial charge in [0.1, 0.15) is 12.1 Å². The van der Waals surface area contributed by atoms with Gasteiger partial charge in [0, 0.05) is 12.7 Å². The largest absolute Gasteiger partial charge is 0.375 e. The van der Waals surface area contributed by atoms with Crippen LogP contribution in [0, 0.1) is 0 Å². The molecule has 0 saturated heterocycles. The molecule has 1 aromatic carbocycles. The fourth-order valence-corrected chi connectivity index (χ4v) is 3.51. The Balaban J connectivity index is 1.71. The smallest absolute Gasteiger partial charge is 0.351 e. The highest BCUT2D eigenvalue weighted by Gasteiger charge is 2.11. The van der Waals surface area contributed by atoms with E-state index in [0.717, 1.165) is 26.0 Å². The number of rotatable bonds is 5. The average Bonchev–Trinajstić information content (AvgIpc) is 3.27. The minimum atomic E-state index is -0.430. The van der Waals surface area contributed by atoms with Crippen molar-refractivity contribution in [3.8, 4) is 16.9 Å². The molecule has 0 aliphatic rings. The van der Waals surface area contributed by atoms with Crippen molar-refractivity contribution in [1.29, 1.82) is 0 Å². The van der Waals surface area contributed by atoms with E-state index in [-0.39, 0.29) is 18.7 Å². The molecule has 142 valence electrons. The molecule has 0 amide bonds. The summed E-state index contributed by atoms with van der Waals surface area (Å²) in [6.07, 6.45) is 3.36. The van der Waals surface area contributed by atoms with Gasteiger partial charge in [-0.1, -0.05) is 17.4 Å². The van der Waals surface area contributed by atoms with Crippen molar-refractivity contribution in [1.82, 2.24) is 24.3 Å². The zero-order chi connectivity index (χ0) is 19.7. The summed E-state index contributed by atoms with van der Waals surface area (Å²) < 4.78 is 16.2. The molecule has 0 saturated carbocycles. The lowest BCUT2D eigenvalue weighted by Gasteiger charge is -2.05. The van der Waals surface area contributed by atoms with Crippen molar-refractivity contribution in [3.05, 3.63) is 65.2 Å². The minimum Gasteiger partial charge on any atom is -0.375 e. The highest BCUT2D eigenvalue weighted by Crippen LogP contribution is 2.29. The number of pyridine rings is 1. The van der Waals surface area contributed by atoms with Gasteiger partial charge in [0.05, 0.1) is 23.1 Å².